The van der Waals surface area contributed by atoms with Gasteiger partial charge in [-0.1, -0.05) is 46.4 Å². The summed E-state index contributed by atoms with van der Waals surface area (Å²) in [5, 5.41) is 22.8. The van der Waals surface area contributed by atoms with Crippen molar-refractivity contribution in [2.75, 3.05) is 10.6 Å². The van der Waals surface area contributed by atoms with Crippen molar-refractivity contribution >= 4 is 65.5 Å². The number of pyridine rings is 1. The first-order chi connectivity index (χ1) is 20.7. The zero-order chi connectivity index (χ0) is 32.0. The molecule has 2 amide bonds. The summed E-state index contributed by atoms with van der Waals surface area (Å²) < 4.78 is 41.4. The van der Waals surface area contributed by atoms with E-state index in [1.54, 1.807) is 30.5 Å². The maximum atomic E-state index is 12.5. The van der Waals surface area contributed by atoms with Gasteiger partial charge in [0.15, 0.2) is 5.82 Å². The molecule has 0 bridgehead atoms. The molecule has 0 unspecified atom stereocenters. The van der Waals surface area contributed by atoms with Crippen LogP contribution in [-0.2, 0) is 34.1 Å². The number of halogens is 3. The summed E-state index contributed by atoms with van der Waals surface area (Å²) in [5.41, 5.74) is 1.74. The Morgan fingerprint density at radius 1 is 0.864 bits per heavy atom. The molecule has 0 aliphatic rings. The Hall–Kier alpha value is -4.20. The lowest BCUT2D eigenvalue weighted by atomic mass is 9.28. The summed E-state index contributed by atoms with van der Waals surface area (Å²) in [6, 6.07) is 14.1. The first-order valence-electron chi connectivity index (χ1n) is 13.7. The van der Waals surface area contributed by atoms with Crippen LogP contribution in [0.15, 0.2) is 60.8 Å². The van der Waals surface area contributed by atoms with E-state index in [0.717, 1.165) is 23.2 Å². The lowest BCUT2D eigenvalue weighted by Crippen LogP contribution is -2.44. The standard InChI is InChI=1S/C26H28B4F3N7O3S/c27-24(28,10-9-22-39-40-23(44-22)36-21(42)14-16-5-1-2-11-34-16)25(29,30)18-7-8-19(38-37-18)35-20(41)13-15-4-3-6-17(12-15)43-26(31,32)33/h1-8,11-12H,9-10,13-14,27-30H2,(H,35,38,41)(H,36,40,42). The molecule has 0 fully saturated rings. The fraction of sp³-hybridized carbons (Fsp3) is 0.269. The molecule has 0 radical (unpaired) electrons. The average molecular weight is 619 g/mol. The molecule has 0 spiro atoms. The summed E-state index contributed by atoms with van der Waals surface area (Å²) in [5.74, 6) is -0.843. The van der Waals surface area contributed by atoms with Gasteiger partial charge in [0.2, 0.25) is 16.9 Å². The summed E-state index contributed by atoms with van der Waals surface area (Å²) in [6.07, 6.45) is -1.81. The Bertz CT molecular complexity index is 1590. The van der Waals surface area contributed by atoms with Crippen molar-refractivity contribution in [2.45, 2.75) is 42.5 Å². The van der Waals surface area contributed by atoms with E-state index in [-0.39, 0.29) is 29.8 Å². The molecule has 1 aromatic carbocycles. The highest BCUT2D eigenvalue weighted by Crippen LogP contribution is 2.41. The van der Waals surface area contributed by atoms with Gasteiger partial charge in [0, 0.05) is 18.3 Å². The van der Waals surface area contributed by atoms with Gasteiger partial charge in [-0.25, -0.2) is 0 Å². The van der Waals surface area contributed by atoms with Crippen molar-refractivity contribution in [3.05, 3.63) is 82.8 Å². The Balaban J connectivity index is 1.30. The van der Waals surface area contributed by atoms with Gasteiger partial charge in [0.1, 0.15) is 26.4 Å². The number of nitrogens with zero attached hydrogens (tertiary/aromatic N) is 5. The van der Waals surface area contributed by atoms with E-state index in [0.29, 0.717) is 22.8 Å². The van der Waals surface area contributed by atoms with Gasteiger partial charge in [-0.15, -0.1) is 28.5 Å². The van der Waals surface area contributed by atoms with E-state index >= 15 is 0 Å². The normalized spacial score (nSPS) is 12.0. The molecular weight excluding hydrogens is 591 g/mol. The van der Waals surface area contributed by atoms with Crippen LogP contribution in [0.3, 0.4) is 0 Å². The number of aryl methyl sites for hydroxylation is 1. The van der Waals surface area contributed by atoms with Gasteiger partial charge in [-0.3, -0.25) is 14.6 Å². The molecule has 3 aromatic heterocycles. The molecule has 10 nitrogen and oxygen atoms in total. The molecule has 2 N–H and O–H groups in total. The molecule has 18 heteroatoms. The highest BCUT2D eigenvalue weighted by atomic mass is 32.1. The molecule has 4 rings (SSSR count). The topological polar surface area (TPSA) is 132 Å². The molecule has 0 atom stereocenters. The van der Waals surface area contributed by atoms with E-state index < -0.39 is 23.2 Å². The number of carbonyl (C=O) groups is 2. The number of aromatic nitrogens is 5. The minimum absolute atomic E-state index is 0.148. The zero-order valence-corrected chi connectivity index (χ0v) is 25.4. The largest absolute Gasteiger partial charge is 0.573 e. The van der Waals surface area contributed by atoms with Crippen LogP contribution in [-0.4, -0.2) is 74.9 Å². The molecule has 0 saturated heterocycles. The van der Waals surface area contributed by atoms with Crippen LogP contribution < -0.4 is 15.4 Å². The van der Waals surface area contributed by atoms with Crippen LogP contribution >= 0.6 is 11.3 Å². The number of carbonyl (C=O) groups excluding carboxylic acids is 2. The third-order valence-electron chi connectivity index (χ3n) is 7.51. The predicted molar refractivity (Wildman–Crippen MR) is 171 cm³/mol. The second-order valence-electron chi connectivity index (χ2n) is 11.3. The van der Waals surface area contributed by atoms with Crippen molar-refractivity contribution in [1.29, 1.82) is 0 Å². The third-order valence-corrected chi connectivity index (χ3v) is 8.40. The average Bonchev–Trinajstić information content (AvgIpc) is 3.39. The van der Waals surface area contributed by atoms with Crippen LogP contribution in [0.1, 0.15) is 28.4 Å². The number of hydrogen-bond donors (Lipinski definition) is 2. The number of hydrogen-bond acceptors (Lipinski definition) is 9. The molecule has 4 aromatic rings. The van der Waals surface area contributed by atoms with Gasteiger partial charge in [0.05, 0.1) is 34.2 Å². The Kier molecular flexibility index (Phi) is 10.1. The predicted octanol–water partition coefficient (Wildman–Crippen LogP) is 0.418. The molecular formula is C26H28B4F3N7O3S. The third kappa shape index (κ3) is 9.15. The molecule has 44 heavy (non-hydrogen) atoms. The quantitative estimate of drug-likeness (QED) is 0.219. The van der Waals surface area contributed by atoms with Crippen molar-refractivity contribution < 1.29 is 27.5 Å². The highest BCUT2D eigenvalue weighted by Gasteiger charge is 2.39. The first kappa shape index (κ1) is 32.7. The summed E-state index contributed by atoms with van der Waals surface area (Å²) in [6.45, 7) is 0. The molecule has 0 aliphatic carbocycles. The van der Waals surface area contributed by atoms with Crippen LogP contribution in [0.25, 0.3) is 0 Å². The van der Waals surface area contributed by atoms with Crippen molar-refractivity contribution in [1.82, 2.24) is 25.4 Å². The van der Waals surface area contributed by atoms with Crippen molar-refractivity contribution in [3.63, 3.8) is 0 Å². The van der Waals surface area contributed by atoms with E-state index in [4.69, 9.17) is 0 Å². The fourth-order valence-corrected chi connectivity index (χ4v) is 5.03. The minimum Gasteiger partial charge on any atom is -0.406 e. The number of alkyl halides is 3. The Morgan fingerprint density at radius 3 is 2.32 bits per heavy atom. The smallest absolute Gasteiger partial charge is 0.406 e. The number of anilines is 2. The zero-order valence-electron chi connectivity index (χ0n) is 24.6. The van der Waals surface area contributed by atoms with Crippen LogP contribution in [0, 0.1) is 0 Å². The fourth-order valence-electron chi connectivity index (χ4n) is 4.27. The van der Waals surface area contributed by atoms with E-state index in [1.807, 2.05) is 6.07 Å². The first-order valence-corrected chi connectivity index (χ1v) is 14.5. The van der Waals surface area contributed by atoms with E-state index in [1.165, 1.54) is 29.5 Å². The minimum atomic E-state index is -4.82. The number of rotatable bonds is 12. The van der Waals surface area contributed by atoms with Gasteiger partial charge in [0.25, 0.3) is 0 Å². The maximum Gasteiger partial charge on any atom is 0.573 e. The molecule has 0 saturated carbocycles. The highest BCUT2D eigenvalue weighted by molar-refractivity contribution is 7.15. The van der Waals surface area contributed by atoms with Gasteiger partial charge >= 0.3 is 6.36 Å². The van der Waals surface area contributed by atoms with Crippen LogP contribution in [0.2, 0.25) is 5.21 Å². The second kappa shape index (κ2) is 13.6. The Morgan fingerprint density at radius 2 is 1.64 bits per heavy atom. The van der Waals surface area contributed by atoms with Crippen LogP contribution in [0.5, 0.6) is 5.75 Å². The van der Waals surface area contributed by atoms with Gasteiger partial charge in [-0.2, -0.15) is 5.10 Å². The molecule has 224 valence electrons. The number of ether oxygens (including phenoxy) is 1. The van der Waals surface area contributed by atoms with Crippen molar-refractivity contribution in [2.24, 2.45) is 0 Å². The Labute approximate surface area is 259 Å². The summed E-state index contributed by atoms with van der Waals surface area (Å²) >= 11 is 1.33. The number of amides is 2. The van der Waals surface area contributed by atoms with Gasteiger partial charge < -0.3 is 15.4 Å². The van der Waals surface area contributed by atoms with E-state index in [9.17, 15) is 22.8 Å². The second-order valence-corrected chi connectivity index (χ2v) is 12.3. The number of nitrogens with one attached hydrogen (secondary N) is 2. The van der Waals surface area contributed by atoms with Gasteiger partial charge in [-0.05, 0) is 42.0 Å². The SMILES string of the molecule is BC(B)(CCc1nnc(NC(=O)Cc2ccccn2)s1)C(B)(B)c1ccc(NC(=O)Cc2cccc(OC(F)(F)F)c2)nn1. The lowest BCUT2D eigenvalue weighted by Gasteiger charge is -2.42. The van der Waals surface area contributed by atoms with Crippen LogP contribution in [0.4, 0.5) is 24.1 Å². The molecule has 0 aliphatic heterocycles. The van der Waals surface area contributed by atoms with E-state index in [2.05, 4.69) is 72.1 Å². The summed E-state index contributed by atoms with van der Waals surface area (Å²) in [4.78, 5) is 29.0. The molecule has 3 heterocycles. The monoisotopic (exact) mass is 619 g/mol. The van der Waals surface area contributed by atoms with Crippen molar-refractivity contribution in [3.8, 4) is 5.75 Å². The lowest BCUT2D eigenvalue weighted by molar-refractivity contribution is -0.274. The summed E-state index contributed by atoms with van der Waals surface area (Å²) in [7, 11) is 8.37. The number of benzene rings is 1. The maximum absolute atomic E-state index is 12.5.